The molecule has 50 heavy (non-hydrogen) atoms. The van der Waals surface area contributed by atoms with Crippen molar-refractivity contribution in [2.75, 3.05) is 42.6 Å². The highest BCUT2D eigenvalue weighted by molar-refractivity contribution is 6.05. The van der Waals surface area contributed by atoms with E-state index in [-0.39, 0.29) is 24.3 Å². The zero-order valence-electron chi connectivity index (χ0n) is 29.1. The predicted octanol–water partition coefficient (Wildman–Crippen LogP) is 5.37. The second-order valence-electron chi connectivity index (χ2n) is 13.3. The van der Waals surface area contributed by atoms with E-state index < -0.39 is 42.2 Å². The summed E-state index contributed by atoms with van der Waals surface area (Å²) in [7, 11) is 0. The number of hydrogen-bond donors (Lipinski definition) is 1. The van der Waals surface area contributed by atoms with Gasteiger partial charge in [-0.1, -0.05) is 72.8 Å². The molecule has 0 aromatic heterocycles. The molecule has 3 aromatic carbocycles. The Kier molecular flexibility index (Phi) is 10.6. The van der Waals surface area contributed by atoms with Crippen LogP contribution in [0.3, 0.4) is 0 Å². The van der Waals surface area contributed by atoms with E-state index in [0.29, 0.717) is 37.2 Å². The van der Waals surface area contributed by atoms with Crippen LogP contribution >= 0.6 is 0 Å². The van der Waals surface area contributed by atoms with Crippen molar-refractivity contribution in [3.8, 4) is 0 Å². The van der Waals surface area contributed by atoms with Crippen LogP contribution in [-0.4, -0.2) is 83.2 Å². The van der Waals surface area contributed by atoms with E-state index in [0.717, 1.165) is 24.3 Å². The van der Waals surface area contributed by atoms with Gasteiger partial charge in [0.2, 0.25) is 11.8 Å². The lowest BCUT2D eigenvalue weighted by Crippen LogP contribution is -2.57. The van der Waals surface area contributed by atoms with E-state index in [1.807, 2.05) is 84.9 Å². The summed E-state index contributed by atoms with van der Waals surface area (Å²) in [5, 5.41) is 10.9. The molecule has 9 heteroatoms. The Morgan fingerprint density at radius 3 is 2.14 bits per heavy atom. The number of likely N-dealkylation sites (tertiary alicyclic amines) is 1. The van der Waals surface area contributed by atoms with Crippen LogP contribution in [0.5, 0.6) is 0 Å². The molecule has 1 spiro atoms. The molecule has 6 atom stereocenters. The van der Waals surface area contributed by atoms with E-state index in [4.69, 9.17) is 4.74 Å². The maximum absolute atomic E-state index is 15.2. The standard InChI is InChI=1S/C41H48N4O5/c1-5-25-43(27-29-15-11-9-12-16-29)38(47)35-34-23-24-41(50-34)36(35)39(48)45(33(28-46)30-17-13-10-14-18-30)37(41)40(49)44(26-6-2)32-21-19-31(20-22-32)42(7-3)8-4/h5-6,9-22,33-37,46H,1-2,7-8,23-28H2,3-4H3/t33-,34-,35+,36+,37?,41?/m1/s1. The molecule has 0 radical (unpaired) electrons. The fourth-order valence-corrected chi connectivity index (χ4v) is 8.45. The lowest BCUT2D eigenvalue weighted by Gasteiger charge is -2.39. The van der Waals surface area contributed by atoms with Gasteiger partial charge in [0.25, 0.3) is 5.91 Å². The van der Waals surface area contributed by atoms with Gasteiger partial charge >= 0.3 is 0 Å². The molecule has 262 valence electrons. The number of aliphatic hydroxyl groups excluding tert-OH is 1. The molecule has 6 rings (SSSR count). The first-order valence-electron chi connectivity index (χ1n) is 17.7. The van der Waals surface area contributed by atoms with Gasteiger partial charge in [0.15, 0.2) is 0 Å². The van der Waals surface area contributed by atoms with Gasteiger partial charge in [-0.25, -0.2) is 0 Å². The summed E-state index contributed by atoms with van der Waals surface area (Å²) >= 11 is 0. The molecule has 3 aliphatic heterocycles. The lowest BCUT2D eigenvalue weighted by molar-refractivity contribution is -0.147. The fourth-order valence-electron chi connectivity index (χ4n) is 8.45. The first kappa shape index (κ1) is 35.1. The zero-order valence-corrected chi connectivity index (χ0v) is 29.1. The normalized spacial score (nSPS) is 24.1. The van der Waals surface area contributed by atoms with Crippen molar-refractivity contribution in [3.05, 3.63) is 121 Å². The number of carbonyl (C=O) groups excluding carboxylic acids is 3. The maximum Gasteiger partial charge on any atom is 0.253 e. The Hall–Kier alpha value is -4.73. The first-order chi connectivity index (χ1) is 24.3. The van der Waals surface area contributed by atoms with E-state index in [9.17, 15) is 14.7 Å². The van der Waals surface area contributed by atoms with Gasteiger partial charge in [-0.05, 0) is 62.1 Å². The SMILES string of the molecule is C=CCN(Cc1ccccc1)C(=O)[C@@H]1[C@H]2C(=O)N([C@H](CO)c3ccccc3)C(C(=O)N(CC=C)c3ccc(N(CC)CC)cc3)C23CC[C@H]1O3. The molecule has 2 bridgehead atoms. The fraction of sp³-hybridized carbons (Fsp3) is 0.390. The molecule has 3 aromatic rings. The Balaban J connectivity index is 1.42. The summed E-state index contributed by atoms with van der Waals surface area (Å²) in [6.07, 6.45) is 3.84. The minimum Gasteiger partial charge on any atom is -0.394 e. The van der Waals surface area contributed by atoms with E-state index >= 15 is 4.79 Å². The van der Waals surface area contributed by atoms with Crippen LogP contribution in [-0.2, 0) is 25.7 Å². The minimum absolute atomic E-state index is 0.193. The summed E-state index contributed by atoms with van der Waals surface area (Å²) in [4.78, 5) is 51.8. The molecular formula is C41H48N4O5. The predicted molar refractivity (Wildman–Crippen MR) is 195 cm³/mol. The summed E-state index contributed by atoms with van der Waals surface area (Å²) in [5.41, 5.74) is 2.13. The number of fused-ring (bicyclic) bond motifs is 1. The topological polar surface area (TPSA) is 93.6 Å². The number of amides is 3. The molecule has 1 N–H and O–H groups in total. The van der Waals surface area contributed by atoms with E-state index in [1.54, 1.807) is 22.0 Å². The molecular weight excluding hydrogens is 628 g/mol. The average molecular weight is 677 g/mol. The lowest BCUT2D eigenvalue weighted by atomic mass is 9.70. The van der Waals surface area contributed by atoms with Gasteiger partial charge < -0.3 is 29.4 Å². The molecule has 3 fully saturated rings. The largest absolute Gasteiger partial charge is 0.394 e. The number of rotatable bonds is 15. The van der Waals surface area contributed by atoms with Crippen LogP contribution in [0.4, 0.5) is 11.4 Å². The van der Waals surface area contributed by atoms with Crippen LogP contribution in [0.1, 0.15) is 43.9 Å². The second-order valence-corrected chi connectivity index (χ2v) is 13.3. The van der Waals surface area contributed by atoms with Gasteiger partial charge in [0.1, 0.15) is 11.6 Å². The van der Waals surface area contributed by atoms with Crippen molar-refractivity contribution in [1.29, 1.82) is 0 Å². The van der Waals surface area contributed by atoms with Crippen molar-refractivity contribution in [1.82, 2.24) is 9.80 Å². The third kappa shape index (κ3) is 6.13. The van der Waals surface area contributed by atoms with Gasteiger partial charge in [-0.2, -0.15) is 0 Å². The van der Waals surface area contributed by atoms with Crippen molar-refractivity contribution in [2.45, 2.75) is 57.0 Å². The molecule has 3 amide bonds. The molecule has 2 unspecified atom stereocenters. The minimum atomic E-state index is -1.24. The monoisotopic (exact) mass is 676 g/mol. The molecule has 0 saturated carbocycles. The van der Waals surface area contributed by atoms with Crippen LogP contribution in [0.2, 0.25) is 0 Å². The number of ether oxygens (including phenoxy) is 1. The summed E-state index contributed by atoms with van der Waals surface area (Å²) in [6.45, 7) is 14.2. The quantitative estimate of drug-likeness (QED) is 0.218. The van der Waals surface area contributed by atoms with Crippen LogP contribution in [0, 0.1) is 11.8 Å². The smallest absolute Gasteiger partial charge is 0.253 e. The maximum atomic E-state index is 15.2. The molecule has 0 aliphatic carbocycles. The Morgan fingerprint density at radius 2 is 1.54 bits per heavy atom. The highest BCUT2D eigenvalue weighted by Gasteiger charge is 2.75. The van der Waals surface area contributed by atoms with Gasteiger partial charge in [-0.15, -0.1) is 13.2 Å². The van der Waals surface area contributed by atoms with Gasteiger partial charge in [0.05, 0.1) is 30.6 Å². The van der Waals surface area contributed by atoms with Crippen molar-refractivity contribution >= 4 is 29.1 Å². The molecule has 3 heterocycles. The highest BCUT2D eigenvalue weighted by Crippen LogP contribution is 2.60. The van der Waals surface area contributed by atoms with Crippen LogP contribution < -0.4 is 9.80 Å². The number of benzene rings is 3. The third-order valence-electron chi connectivity index (χ3n) is 10.7. The second kappa shape index (κ2) is 15.0. The first-order valence-corrected chi connectivity index (χ1v) is 17.7. The molecule has 9 nitrogen and oxygen atoms in total. The van der Waals surface area contributed by atoms with Gasteiger partial charge in [0, 0.05) is 44.1 Å². The number of carbonyl (C=O) groups is 3. The van der Waals surface area contributed by atoms with E-state index in [1.165, 1.54) is 4.90 Å². The summed E-state index contributed by atoms with van der Waals surface area (Å²) < 4.78 is 6.81. The molecule has 3 aliphatic rings. The zero-order chi connectivity index (χ0) is 35.4. The summed E-state index contributed by atoms with van der Waals surface area (Å²) in [6, 6.07) is 24.9. The Labute approximate surface area is 295 Å². The van der Waals surface area contributed by atoms with Crippen molar-refractivity contribution in [2.24, 2.45) is 11.8 Å². The Bertz CT molecular complexity index is 1680. The summed E-state index contributed by atoms with van der Waals surface area (Å²) in [5.74, 6) is -2.54. The van der Waals surface area contributed by atoms with E-state index in [2.05, 4.69) is 31.9 Å². The van der Waals surface area contributed by atoms with Gasteiger partial charge in [-0.3, -0.25) is 14.4 Å². The average Bonchev–Trinajstić information content (AvgIpc) is 3.79. The molecule has 3 saturated heterocycles. The number of anilines is 2. The van der Waals surface area contributed by atoms with Crippen LogP contribution in [0.25, 0.3) is 0 Å². The van der Waals surface area contributed by atoms with Crippen molar-refractivity contribution < 1.29 is 24.2 Å². The number of nitrogens with zero attached hydrogens (tertiary/aromatic N) is 4. The third-order valence-corrected chi connectivity index (χ3v) is 10.7. The Morgan fingerprint density at radius 1 is 0.920 bits per heavy atom. The number of hydrogen-bond acceptors (Lipinski definition) is 6. The highest BCUT2D eigenvalue weighted by atomic mass is 16.5. The van der Waals surface area contributed by atoms with Crippen molar-refractivity contribution in [3.63, 3.8) is 0 Å². The van der Waals surface area contributed by atoms with Crippen LogP contribution in [0.15, 0.2) is 110 Å². The number of aliphatic hydroxyl groups is 1.